The molecular weight excluding hydrogens is 162 g/mol. The Labute approximate surface area is 73.8 Å². The van der Waals surface area contributed by atoms with Crippen LogP contribution in [-0.2, 0) is 0 Å². The Morgan fingerprint density at radius 1 is 1.55 bits per heavy atom. The molecule has 2 fully saturated rings. The molecule has 0 amide bonds. The Hall–Kier alpha value is 0.210. The molecule has 0 spiro atoms. The number of fused-ring (bicyclic) bond motifs is 2. The lowest BCUT2D eigenvalue weighted by atomic mass is 9.76. The lowest BCUT2D eigenvalue weighted by Crippen LogP contribution is -2.36. The van der Waals surface area contributed by atoms with Gasteiger partial charge in [-0.1, -0.05) is 6.92 Å². The summed E-state index contributed by atoms with van der Waals surface area (Å²) in [5, 5.41) is 12.8. The van der Waals surface area contributed by atoms with E-state index in [0.29, 0.717) is 11.5 Å². The van der Waals surface area contributed by atoms with E-state index in [4.69, 9.17) is 0 Å². The summed E-state index contributed by atoms with van der Waals surface area (Å²) in [6.45, 7) is 3.42. The van der Waals surface area contributed by atoms with E-state index in [9.17, 15) is 5.11 Å². The van der Waals surface area contributed by atoms with Gasteiger partial charge in [-0.25, -0.2) is 0 Å². The molecule has 1 aliphatic carbocycles. The highest BCUT2D eigenvalue weighted by molar-refractivity contribution is 5.85. The van der Waals surface area contributed by atoms with Crippen molar-refractivity contribution in [1.82, 2.24) is 5.32 Å². The van der Waals surface area contributed by atoms with Gasteiger partial charge in [0.15, 0.2) is 0 Å². The number of halogens is 1. The zero-order valence-corrected chi connectivity index (χ0v) is 7.66. The van der Waals surface area contributed by atoms with Crippen LogP contribution in [0.25, 0.3) is 0 Å². The lowest BCUT2D eigenvalue weighted by molar-refractivity contribution is 0.0844. The molecule has 2 rings (SSSR count). The summed E-state index contributed by atoms with van der Waals surface area (Å²) in [6, 6.07) is 0.402. The number of hydrogen-bond acceptors (Lipinski definition) is 2. The third kappa shape index (κ3) is 1.53. The molecule has 0 aromatic carbocycles. The minimum Gasteiger partial charge on any atom is -0.392 e. The zero-order chi connectivity index (χ0) is 7.19. The summed E-state index contributed by atoms with van der Waals surface area (Å²) in [6.07, 6.45) is 3.29. The van der Waals surface area contributed by atoms with E-state index >= 15 is 0 Å². The number of nitrogens with one attached hydrogen (secondary N) is 1. The smallest absolute Gasteiger partial charge is 0.0693 e. The van der Waals surface area contributed by atoms with Crippen molar-refractivity contribution < 1.29 is 5.11 Å². The predicted octanol–water partition coefficient (Wildman–Crippen LogP) is 0.931. The first-order chi connectivity index (χ1) is 4.70. The average Bonchev–Trinajstić information content (AvgIpc) is 2.23. The van der Waals surface area contributed by atoms with Crippen LogP contribution in [0.4, 0.5) is 0 Å². The van der Waals surface area contributed by atoms with Crippen molar-refractivity contribution in [3.63, 3.8) is 0 Å². The number of rotatable bonds is 0. The van der Waals surface area contributed by atoms with Gasteiger partial charge in [0.05, 0.1) is 6.10 Å². The van der Waals surface area contributed by atoms with Crippen molar-refractivity contribution in [3.05, 3.63) is 0 Å². The number of hydrogen-bond donors (Lipinski definition) is 2. The van der Waals surface area contributed by atoms with Gasteiger partial charge >= 0.3 is 0 Å². The Bertz CT molecular complexity index is 153. The monoisotopic (exact) mass is 177 g/mol. The minimum atomic E-state index is -0.0735. The van der Waals surface area contributed by atoms with Gasteiger partial charge in [-0.05, 0) is 24.7 Å². The van der Waals surface area contributed by atoms with Crippen molar-refractivity contribution in [2.75, 3.05) is 6.54 Å². The summed E-state index contributed by atoms with van der Waals surface area (Å²) in [4.78, 5) is 0. The largest absolute Gasteiger partial charge is 0.392 e. The quantitative estimate of drug-likeness (QED) is 0.577. The van der Waals surface area contributed by atoms with E-state index in [1.165, 1.54) is 12.8 Å². The van der Waals surface area contributed by atoms with Crippen LogP contribution in [0.2, 0.25) is 0 Å². The van der Waals surface area contributed by atoms with Crippen molar-refractivity contribution in [2.24, 2.45) is 5.41 Å². The molecule has 2 nitrogen and oxygen atoms in total. The van der Waals surface area contributed by atoms with E-state index in [2.05, 4.69) is 12.2 Å². The van der Waals surface area contributed by atoms with E-state index in [-0.39, 0.29) is 18.5 Å². The van der Waals surface area contributed by atoms with Gasteiger partial charge in [0.25, 0.3) is 0 Å². The van der Waals surface area contributed by atoms with Crippen molar-refractivity contribution in [2.45, 2.75) is 38.3 Å². The molecule has 2 N–H and O–H groups in total. The topological polar surface area (TPSA) is 32.3 Å². The first-order valence-electron chi connectivity index (χ1n) is 4.11. The summed E-state index contributed by atoms with van der Waals surface area (Å²) in [5.74, 6) is 0. The van der Waals surface area contributed by atoms with Gasteiger partial charge in [0.2, 0.25) is 0 Å². The van der Waals surface area contributed by atoms with E-state index in [0.717, 1.165) is 13.0 Å². The zero-order valence-electron chi connectivity index (χ0n) is 6.84. The predicted molar refractivity (Wildman–Crippen MR) is 47.0 cm³/mol. The molecule has 1 heterocycles. The van der Waals surface area contributed by atoms with Crippen molar-refractivity contribution in [3.8, 4) is 0 Å². The van der Waals surface area contributed by atoms with Crippen LogP contribution in [0.5, 0.6) is 0 Å². The van der Waals surface area contributed by atoms with Crippen molar-refractivity contribution in [1.29, 1.82) is 0 Å². The van der Waals surface area contributed by atoms with Crippen LogP contribution in [0.1, 0.15) is 26.2 Å². The van der Waals surface area contributed by atoms with Gasteiger partial charge in [-0.2, -0.15) is 0 Å². The Morgan fingerprint density at radius 2 is 2.27 bits per heavy atom. The first-order valence-corrected chi connectivity index (χ1v) is 4.11. The molecule has 1 saturated heterocycles. The molecule has 1 aliphatic heterocycles. The average molecular weight is 178 g/mol. The van der Waals surface area contributed by atoms with Gasteiger partial charge in [0, 0.05) is 12.6 Å². The molecule has 3 atom stereocenters. The second kappa shape index (κ2) is 2.92. The normalized spacial score (nSPS) is 48.5. The maximum Gasteiger partial charge on any atom is 0.0693 e. The van der Waals surface area contributed by atoms with E-state index in [1.54, 1.807) is 0 Å². The molecule has 0 aromatic rings. The SMILES string of the molecule is CC12CCC(O)C(C1)NC2.Cl. The number of aliphatic hydroxyl groups excluding tert-OH is 1. The number of aliphatic hydroxyl groups is 1. The molecule has 2 bridgehead atoms. The molecule has 0 radical (unpaired) electrons. The van der Waals surface area contributed by atoms with Gasteiger partial charge in [-0.15, -0.1) is 12.4 Å². The van der Waals surface area contributed by atoms with Gasteiger partial charge in [0.1, 0.15) is 0 Å². The van der Waals surface area contributed by atoms with Crippen LogP contribution in [-0.4, -0.2) is 23.8 Å². The molecule has 2 aliphatic rings. The maximum absolute atomic E-state index is 9.45. The van der Waals surface area contributed by atoms with Crippen LogP contribution >= 0.6 is 12.4 Å². The van der Waals surface area contributed by atoms with Crippen LogP contribution in [0.3, 0.4) is 0 Å². The summed E-state index contributed by atoms with van der Waals surface area (Å²) < 4.78 is 0. The summed E-state index contributed by atoms with van der Waals surface area (Å²) in [5.41, 5.74) is 0.504. The third-order valence-corrected chi connectivity index (χ3v) is 3.01. The van der Waals surface area contributed by atoms with Crippen LogP contribution in [0, 0.1) is 5.41 Å². The van der Waals surface area contributed by atoms with Crippen LogP contribution < -0.4 is 5.32 Å². The fourth-order valence-electron chi connectivity index (χ4n) is 2.21. The molecule has 1 saturated carbocycles. The summed E-state index contributed by atoms with van der Waals surface area (Å²) in [7, 11) is 0. The van der Waals surface area contributed by atoms with E-state index < -0.39 is 0 Å². The summed E-state index contributed by atoms with van der Waals surface area (Å²) >= 11 is 0. The Morgan fingerprint density at radius 3 is 2.91 bits per heavy atom. The maximum atomic E-state index is 9.45. The molecule has 3 unspecified atom stereocenters. The van der Waals surface area contributed by atoms with Crippen molar-refractivity contribution >= 4 is 12.4 Å². The third-order valence-electron chi connectivity index (χ3n) is 3.01. The highest BCUT2D eigenvalue weighted by Gasteiger charge is 2.42. The highest BCUT2D eigenvalue weighted by atomic mass is 35.5. The second-order valence-corrected chi connectivity index (χ2v) is 4.11. The highest BCUT2D eigenvalue weighted by Crippen LogP contribution is 2.39. The van der Waals surface area contributed by atoms with Gasteiger partial charge < -0.3 is 10.4 Å². The molecule has 66 valence electrons. The standard InChI is InChI=1S/C8H15NO.ClH/c1-8-3-2-7(10)6(4-8)9-5-8;/h6-7,9-10H,2-5H2,1H3;1H. The Balaban J connectivity index is 0.000000605. The molecular formula is C8H16ClNO. The Kier molecular flexibility index (Phi) is 2.47. The molecule has 11 heavy (non-hydrogen) atoms. The second-order valence-electron chi connectivity index (χ2n) is 4.11. The van der Waals surface area contributed by atoms with Gasteiger partial charge in [-0.3, -0.25) is 0 Å². The van der Waals surface area contributed by atoms with E-state index in [1.807, 2.05) is 0 Å². The minimum absolute atomic E-state index is 0. The van der Waals surface area contributed by atoms with Crippen LogP contribution in [0.15, 0.2) is 0 Å². The lowest BCUT2D eigenvalue weighted by Gasteiger charge is -2.30. The molecule has 0 aromatic heterocycles. The fraction of sp³-hybridized carbons (Fsp3) is 1.00. The fourth-order valence-corrected chi connectivity index (χ4v) is 2.21. The first kappa shape index (κ1) is 9.30. The molecule has 3 heteroatoms.